The number of amides is 1. The van der Waals surface area contributed by atoms with Gasteiger partial charge in [0, 0.05) is 6.04 Å². The van der Waals surface area contributed by atoms with Crippen LogP contribution >= 0.6 is 9.24 Å². The Morgan fingerprint density at radius 1 is 1.22 bits per heavy atom. The largest absolute Gasteiger partial charge is 0.457 e. The van der Waals surface area contributed by atoms with Gasteiger partial charge < -0.3 is 14.9 Å². The van der Waals surface area contributed by atoms with Crippen LogP contribution in [0.5, 0.6) is 17.2 Å². The van der Waals surface area contributed by atoms with Gasteiger partial charge in [-0.25, -0.2) is 9.18 Å². The van der Waals surface area contributed by atoms with Gasteiger partial charge in [0.05, 0.1) is 11.3 Å². The minimum absolute atomic E-state index is 0.0224. The Labute approximate surface area is 215 Å². The van der Waals surface area contributed by atoms with E-state index in [2.05, 4.69) is 22.3 Å². The number of alkyl halides is 1. The Morgan fingerprint density at radius 2 is 1.89 bits per heavy atom. The number of benzene rings is 2. The van der Waals surface area contributed by atoms with Crippen LogP contribution in [0.25, 0.3) is 5.69 Å². The number of hydrogen-bond acceptors (Lipinski definition) is 7. The van der Waals surface area contributed by atoms with Crippen molar-refractivity contribution >= 4 is 15.1 Å². The van der Waals surface area contributed by atoms with Crippen molar-refractivity contribution in [3.63, 3.8) is 0 Å². The minimum Gasteiger partial charge on any atom is -0.457 e. The fourth-order valence-corrected chi connectivity index (χ4v) is 4.16. The number of nitrogens with one attached hydrogen (secondary N) is 2. The summed E-state index contributed by atoms with van der Waals surface area (Å²) in [6.45, 7) is 7.58. The Morgan fingerprint density at radius 3 is 2.46 bits per heavy atom. The molecule has 0 saturated heterocycles. The molecule has 0 aliphatic heterocycles. The summed E-state index contributed by atoms with van der Waals surface area (Å²) in [5.41, 5.74) is -0.288. The van der Waals surface area contributed by atoms with Gasteiger partial charge in [-0.2, -0.15) is 15.7 Å². The predicted molar refractivity (Wildman–Crippen MR) is 141 cm³/mol. The fraction of sp³-hybridized carbons (Fsp3) is 0.360. The number of aromatic nitrogens is 3. The monoisotopic (exact) mass is 531 g/mol. The zero-order chi connectivity index (χ0) is 27.3. The van der Waals surface area contributed by atoms with Gasteiger partial charge in [0.15, 0.2) is 17.4 Å². The molecule has 0 saturated carbocycles. The lowest BCUT2D eigenvalue weighted by Crippen LogP contribution is -2.34. The Kier molecular flexibility index (Phi) is 9.18. The van der Waals surface area contributed by atoms with E-state index in [1.807, 2.05) is 16.2 Å². The molecule has 2 aromatic carbocycles. The molecule has 0 bridgehead atoms. The lowest BCUT2D eigenvalue weighted by Gasteiger charge is -2.18. The zero-order valence-corrected chi connectivity index (χ0v) is 22.3. The molecule has 1 heterocycles. The van der Waals surface area contributed by atoms with Gasteiger partial charge in [0.1, 0.15) is 11.5 Å². The maximum atomic E-state index is 13.8. The summed E-state index contributed by atoms with van der Waals surface area (Å²) in [5.74, 6) is 4.39. The van der Waals surface area contributed by atoms with E-state index >= 15 is 0 Å². The number of rotatable bonds is 10. The maximum Gasteiger partial charge on any atom is 0.349 e. The van der Waals surface area contributed by atoms with Gasteiger partial charge in [0.25, 0.3) is 11.5 Å². The first-order valence-corrected chi connectivity index (χ1v) is 12.5. The second-order valence-corrected chi connectivity index (χ2v) is 9.20. The van der Waals surface area contributed by atoms with Crippen LogP contribution in [-0.4, -0.2) is 26.7 Å². The minimum atomic E-state index is -1.73. The van der Waals surface area contributed by atoms with Crippen molar-refractivity contribution in [3.05, 3.63) is 73.6 Å². The van der Waals surface area contributed by atoms with Crippen LogP contribution in [0.3, 0.4) is 0 Å². The quantitative estimate of drug-likeness (QED) is 0.267. The van der Waals surface area contributed by atoms with Crippen molar-refractivity contribution in [2.75, 3.05) is 0 Å². The van der Waals surface area contributed by atoms with Crippen molar-refractivity contribution in [2.24, 2.45) is 5.90 Å². The molecule has 0 aliphatic carbocycles. The molecule has 3 atom stereocenters. The first kappa shape index (κ1) is 28.0. The average Bonchev–Trinajstić information content (AvgIpc) is 2.85. The van der Waals surface area contributed by atoms with Gasteiger partial charge in [-0.3, -0.25) is 14.6 Å². The van der Waals surface area contributed by atoms with Crippen LogP contribution in [0.4, 0.5) is 4.39 Å². The van der Waals surface area contributed by atoms with E-state index in [4.69, 9.17) is 15.5 Å². The molecule has 37 heavy (non-hydrogen) atoms. The SMILES string of the molecule is CCCC(CC)NC(=O)c1cc(Oc2c(C)cc(-n3nc(C(F)P)c(=O)[nH]c3=O)cc2C)ccc1ON. The van der Waals surface area contributed by atoms with Crippen molar-refractivity contribution in [3.8, 4) is 22.9 Å². The molecule has 0 spiro atoms. The van der Waals surface area contributed by atoms with Crippen LogP contribution < -0.4 is 32.0 Å². The first-order valence-electron chi connectivity index (χ1n) is 11.8. The summed E-state index contributed by atoms with van der Waals surface area (Å²) < 4.78 is 20.8. The molecule has 198 valence electrons. The third-order valence-corrected chi connectivity index (χ3v) is 6.13. The standard InChI is InChI=1S/C25H31FN5O5P/c1-5-7-15(6-2)28-23(32)18-12-17(8-9-19(18)36-27)35-21-13(3)10-16(11-14(21)4)31-25(34)29-24(33)20(30-31)22(26)37/h8-12,15,22H,5-7,27,37H2,1-4H3,(H,28,32)(H,29,33,34). The second-order valence-electron chi connectivity index (χ2n) is 8.61. The normalized spacial score (nSPS) is 12.6. The molecule has 10 nitrogen and oxygen atoms in total. The second kappa shape index (κ2) is 12.1. The highest BCUT2D eigenvalue weighted by atomic mass is 31.0. The van der Waals surface area contributed by atoms with Gasteiger partial charge in [-0.05, 0) is 68.1 Å². The molecule has 0 radical (unpaired) electrons. The van der Waals surface area contributed by atoms with Crippen LogP contribution in [0, 0.1) is 13.8 Å². The Bertz CT molecular complexity index is 1380. The molecule has 12 heteroatoms. The first-order chi connectivity index (χ1) is 17.6. The summed E-state index contributed by atoms with van der Waals surface area (Å²) in [5, 5.41) is 6.88. The molecule has 0 fully saturated rings. The summed E-state index contributed by atoms with van der Waals surface area (Å²) in [6.07, 6.45) is 2.57. The molecule has 3 unspecified atom stereocenters. The number of carbonyl (C=O) groups excluding carboxylic acids is 1. The van der Waals surface area contributed by atoms with Gasteiger partial charge in [-0.15, -0.1) is 0 Å². The summed E-state index contributed by atoms with van der Waals surface area (Å²) in [7, 11) is 1.83. The van der Waals surface area contributed by atoms with E-state index in [1.54, 1.807) is 44.2 Å². The van der Waals surface area contributed by atoms with E-state index in [9.17, 15) is 18.8 Å². The van der Waals surface area contributed by atoms with Gasteiger partial charge in [-0.1, -0.05) is 29.5 Å². The number of aryl methyl sites for hydroxylation is 2. The lowest BCUT2D eigenvalue weighted by molar-refractivity contribution is 0.0929. The number of carbonyl (C=O) groups is 1. The van der Waals surface area contributed by atoms with Crippen LogP contribution in [0.1, 0.15) is 66.2 Å². The molecule has 3 aromatic rings. The Hall–Kier alpha value is -3.56. The Balaban J connectivity index is 1.95. The summed E-state index contributed by atoms with van der Waals surface area (Å²) >= 11 is 0. The third kappa shape index (κ3) is 6.42. The van der Waals surface area contributed by atoms with Crippen molar-refractivity contribution in [2.45, 2.75) is 58.9 Å². The zero-order valence-electron chi connectivity index (χ0n) is 21.1. The van der Waals surface area contributed by atoms with Crippen LogP contribution in [0.2, 0.25) is 0 Å². The summed E-state index contributed by atoms with van der Waals surface area (Å²) in [6, 6.07) is 7.98. The number of aromatic amines is 1. The third-order valence-electron chi connectivity index (χ3n) is 5.81. The number of nitrogens with zero attached hydrogens (tertiary/aromatic N) is 2. The smallest absolute Gasteiger partial charge is 0.349 e. The molecule has 0 aliphatic rings. The lowest BCUT2D eigenvalue weighted by atomic mass is 10.1. The topological polar surface area (TPSA) is 141 Å². The van der Waals surface area contributed by atoms with Crippen molar-refractivity contribution < 1.29 is 18.8 Å². The van der Waals surface area contributed by atoms with E-state index in [0.717, 1.165) is 23.9 Å². The van der Waals surface area contributed by atoms with Gasteiger partial charge in [0.2, 0.25) is 0 Å². The van der Waals surface area contributed by atoms with E-state index in [1.165, 1.54) is 0 Å². The number of halogens is 1. The fourth-order valence-electron chi connectivity index (χ4n) is 3.94. The predicted octanol–water partition coefficient (Wildman–Crippen LogP) is 3.73. The summed E-state index contributed by atoms with van der Waals surface area (Å²) in [4.78, 5) is 44.1. The molecule has 1 amide bonds. The highest BCUT2D eigenvalue weighted by Crippen LogP contribution is 2.33. The average molecular weight is 532 g/mol. The molecular formula is C25H31FN5O5P. The number of ether oxygens (including phenoxy) is 1. The maximum absolute atomic E-state index is 13.8. The molecule has 4 N–H and O–H groups in total. The molecule has 3 rings (SSSR count). The van der Waals surface area contributed by atoms with E-state index < -0.39 is 22.9 Å². The van der Waals surface area contributed by atoms with Crippen molar-refractivity contribution in [1.29, 1.82) is 0 Å². The van der Waals surface area contributed by atoms with Crippen molar-refractivity contribution in [1.82, 2.24) is 20.1 Å². The van der Waals surface area contributed by atoms with E-state index in [-0.39, 0.29) is 23.3 Å². The highest BCUT2D eigenvalue weighted by Gasteiger charge is 2.19. The van der Waals surface area contributed by atoms with Crippen LogP contribution in [0.15, 0.2) is 39.9 Å². The number of nitrogens with two attached hydrogens (primary N) is 1. The molecular weight excluding hydrogens is 500 g/mol. The highest BCUT2D eigenvalue weighted by molar-refractivity contribution is 7.16. The van der Waals surface area contributed by atoms with E-state index in [0.29, 0.717) is 28.3 Å². The van der Waals surface area contributed by atoms with Crippen LogP contribution in [-0.2, 0) is 0 Å². The van der Waals surface area contributed by atoms with Gasteiger partial charge >= 0.3 is 5.69 Å². The number of hydrogen-bond donors (Lipinski definition) is 3. The number of H-pyrrole nitrogens is 1. The molecule has 1 aromatic heterocycles.